The van der Waals surface area contributed by atoms with Crippen LogP contribution in [0.15, 0.2) is 71.6 Å². The third-order valence-corrected chi connectivity index (χ3v) is 9.22. The van der Waals surface area contributed by atoms with Gasteiger partial charge in [-0.05, 0) is 68.7 Å². The molecule has 2 amide bonds. The van der Waals surface area contributed by atoms with Gasteiger partial charge in [0.25, 0.3) is 10.0 Å². The number of carbonyl (C=O) groups excluding carboxylic acids is 2. The first-order chi connectivity index (χ1) is 20.4. The molecule has 0 radical (unpaired) electrons. The standard InChI is InChI=1S/C32H40ClN3O6S/c1-7-23(4)34-32(38)28(8-2)35(20-24-11-13-25(33)14-12-24)31(37)21-36(26-15-9-22(3)10-16-26)43(39,40)27-17-18-29(41-5)30(19-27)42-6/h9-19,23,28H,7-8,20-21H2,1-6H3,(H,34,38)/t23-,28+/m0/s1. The maximum absolute atomic E-state index is 14.2. The van der Waals surface area contributed by atoms with E-state index in [0.29, 0.717) is 22.9 Å². The molecular formula is C32H40ClN3O6S. The molecule has 0 saturated heterocycles. The van der Waals surface area contributed by atoms with Crippen molar-refractivity contribution in [1.29, 1.82) is 0 Å². The Bertz CT molecular complexity index is 1500. The van der Waals surface area contributed by atoms with E-state index in [-0.39, 0.29) is 29.1 Å². The lowest BCUT2D eigenvalue weighted by Gasteiger charge is -2.33. The number of hydrogen-bond acceptors (Lipinski definition) is 6. The number of anilines is 1. The average molecular weight is 630 g/mol. The van der Waals surface area contributed by atoms with E-state index >= 15 is 0 Å². The van der Waals surface area contributed by atoms with E-state index in [1.807, 2.05) is 27.7 Å². The SMILES string of the molecule is CC[C@H](C(=O)N[C@@H](C)CC)N(Cc1ccc(Cl)cc1)C(=O)CN(c1ccc(C)cc1)S(=O)(=O)c1ccc(OC)c(OC)c1. The fourth-order valence-corrected chi connectivity index (χ4v) is 6.05. The molecule has 43 heavy (non-hydrogen) atoms. The molecule has 2 atom stereocenters. The fourth-order valence-electron chi connectivity index (χ4n) is 4.49. The molecule has 3 aromatic rings. The molecule has 0 bridgehead atoms. The maximum Gasteiger partial charge on any atom is 0.264 e. The number of nitrogens with one attached hydrogen (secondary N) is 1. The molecule has 0 aromatic heterocycles. The minimum atomic E-state index is -4.27. The zero-order valence-corrected chi connectivity index (χ0v) is 27.0. The van der Waals surface area contributed by atoms with Gasteiger partial charge in [0.05, 0.1) is 24.8 Å². The molecule has 0 unspecified atom stereocenters. The molecule has 0 aliphatic carbocycles. The molecule has 0 saturated carbocycles. The van der Waals surface area contributed by atoms with Crippen molar-refractivity contribution in [1.82, 2.24) is 10.2 Å². The third kappa shape index (κ3) is 8.42. The first-order valence-corrected chi connectivity index (χ1v) is 15.9. The molecule has 232 valence electrons. The summed E-state index contributed by atoms with van der Waals surface area (Å²) in [6, 6.07) is 17.2. The smallest absolute Gasteiger partial charge is 0.264 e. The lowest BCUT2D eigenvalue weighted by molar-refractivity contribution is -0.140. The van der Waals surface area contributed by atoms with Crippen LogP contribution in [0.1, 0.15) is 44.7 Å². The van der Waals surface area contributed by atoms with Crippen LogP contribution in [0.25, 0.3) is 0 Å². The molecule has 11 heteroatoms. The van der Waals surface area contributed by atoms with E-state index in [1.54, 1.807) is 48.5 Å². The number of methoxy groups -OCH3 is 2. The number of carbonyl (C=O) groups is 2. The van der Waals surface area contributed by atoms with Crippen molar-refractivity contribution in [2.75, 3.05) is 25.1 Å². The summed E-state index contributed by atoms with van der Waals surface area (Å²) >= 11 is 6.09. The predicted molar refractivity (Wildman–Crippen MR) is 169 cm³/mol. The van der Waals surface area contributed by atoms with Crippen molar-refractivity contribution >= 4 is 39.1 Å². The average Bonchev–Trinajstić information content (AvgIpc) is 3.00. The highest BCUT2D eigenvalue weighted by Crippen LogP contribution is 2.32. The lowest BCUT2D eigenvalue weighted by atomic mass is 10.1. The van der Waals surface area contributed by atoms with Gasteiger partial charge in [-0.15, -0.1) is 0 Å². The van der Waals surface area contributed by atoms with Gasteiger partial charge in [-0.2, -0.15) is 0 Å². The number of nitrogens with zero attached hydrogens (tertiary/aromatic N) is 2. The summed E-state index contributed by atoms with van der Waals surface area (Å²) in [6.45, 7) is 7.10. The topological polar surface area (TPSA) is 105 Å². The van der Waals surface area contributed by atoms with Crippen LogP contribution in [0, 0.1) is 6.92 Å². The Morgan fingerprint density at radius 2 is 1.53 bits per heavy atom. The molecule has 3 rings (SSSR count). The van der Waals surface area contributed by atoms with Crippen LogP contribution >= 0.6 is 11.6 Å². The van der Waals surface area contributed by atoms with Crippen LogP contribution in [-0.2, 0) is 26.2 Å². The monoisotopic (exact) mass is 629 g/mol. The second kappa shape index (κ2) is 15.1. The Balaban J connectivity index is 2.09. The van der Waals surface area contributed by atoms with Gasteiger partial charge in [-0.3, -0.25) is 13.9 Å². The van der Waals surface area contributed by atoms with E-state index < -0.39 is 28.5 Å². The van der Waals surface area contributed by atoms with E-state index in [2.05, 4.69) is 5.32 Å². The summed E-state index contributed by atoms with van der Waals surface area (Å²) < 4.78 is 40.0. The number of halogens is 1. The lowest BCUT2D eigenvalue weighted by Crippen LogP contribution is -2.53. The first kappa shape index (κ1) is 33.7. The highest BCUT2D eigenvalue weighted by molar-refractivity contribution is 7.92. The van der Waals surface area contributed by atoms with Crippen LogP contribution in [-0.4, -0.2) is 58.0 Å². The van der Waals surface area contributed by atoms with Crippen LogP contribution in [0.5, 0.6) is 11.5 Å². The Morgan fingerprint density at radius 3 is 2.09 bits per heavy atom. The summed E-state index contributed by atoms with van der Waals surface area (Å²) in [5, 5.41) is 3.51. The Kier molecular flexibility index (Phi) is 11.9. The molecule has 9 nitrogen and oxygen atoms in total. The molecule has 0 fully saturated rings. The van der Waals surface area contributed by atoms with Crippen molar-refractivity contribution in [2.24, 2.45) is 0 Å². The molecule has 0 heterocycles. The summed E-state index contributed by atoms with van der Waals surface area (Å²) in [4.78, 5) is 28.9. The number of benzene rings is 3. The van der Waals surface area contributed by atoms with Crippen LogP contribution in [0.2, 0.25) is 5.02 Å². The van der Waals surface area contributed by atoms with E-state index in [1.165, 1.54) is 37.3 Å². The quantitative estimate of drug-likeness (QED) is 0.250. The first-order valence-electron chi connectivity index (χ1n) is 14.1. The fraction of sp³-hybridized carbons (Fsp3) is 0.375. The highest BCUT2D eigenvalue weighted by atomic mass is 35.5. The molecule has 0 aliphatic rings. The van der Waals surface area contributed by atoms with E-state index in [9.17, 15) is 18.0 Å². The molecule has 1 N–H and O–H groups in total. The number of amides is 2. The summed E-state index contributed by atoms with van der Waals surface area (Å²) in [5.74, 6) is -0.239. The Morgan fingerprint density at radius 1 is 0.907 bits per heavy atom. The summed E-state index contributed by atoms with van der Waals surface area (Å²) in [5.41, 5.74) is 1.98. The van der Waals surface area contributed by atoms with Gasteiger partial charge in [0.15, 0.2) is 11.5 Å². The van der Waals surface area contributed by atoms with Gasteiger partial charge in [0.2, 0.25) is 11.8 Å². The van der Waals surface area contributed by atoms with Crippen molar-refractivity contribution in [3.05, 3.63) is 82.9 Å². The Labute approximate surface area is 259 Å². The summed E-state index contributed by atoms with van der Waals surface area (Å²) in [7, 11) is -1.40. The summed E-state index contributed by atoms with van der Waals surface area (Å²) in [6.07, 6.45) is 1.05. The van der Waals surface area contributed by atoms with Gasteiger partial charge in [0, 0.05) is 23.7 Å². The largest absolute Gasteiger partial charge is 0.493 e. The van der Waals surface area contributed by atoms with Gasteiger partial charge in [-0.25, -0.2) is 8.42 Å². The number of ether oxygens (including phenoxy) is 2. The normalized spacial score (nSPS) is 12.6. The zero-order chi connectivity index (χ0) is 31.7. The maximum atomic E-state index is 14.2. The Hall–Kier alpha value is -3.76. The van der Waals surface area contributed by atoms with Gasteiger partial charge in [0.1, 0.15) is 12.6 Å². The predicted octanol–water partition coefficient (Wildman–Crippen LogP) is 5.58. The van der Waals surface area contributed by atoms with Gasteiger partial charge in [-0.1, -0.05) is 55.3 Å². The van der Waals surface area contributed by atoms with E-state index in [0.717, 1.165) is 21.9 Å². The second-order valence-electron chi connectivity index (χ2n) is 10.3. The van der Waals surface area contributed by atoms with Gasteiger partial charge >= 0.3 is 0 Å². The minimum Gasteiger partial charge on any atom is -0.493 e. The molecule has 0 spiro atoms. The molecular weight excluding hydrogens is 590 g/mol. The van der Waals surface area contributed by atoms with Crippen molar-refractivity contribution in [2.45, 2.75) is 64.1 Å². The van der Waals surface area contributed by atoms with Gasteiger partial charge < -0.3 is 19.7 Å². The third-order valence-electron chi connectivity index (χ3n) is 7.20. The number of aryl methyl sites for hydroxylation is 1. The highest BCUT2D eigenvalue weighted by Gasteiger charge is 2.34. The van der Waals surface area contributed by atoms with Crippen LogP contribution in [0.3, 0.4) is 0 Å². The molecule has 3 aromatic carbocycles. The van der Waals surface area contributed by atoms with E-state index in [4.69, 9.17) is 21.1 Å². The number of sulfonamides is 1. The second-order valence-corrected chi connectivity index (χ2v) is 12.6. The molecule has 0 aliphatic heterocycles. The van der Waals surface area contributed by atoms with Crippen molar-refractivity contribution in [3.63, 3.8) is 0 Å². The van der Waals surface area contributed by atoms with Crippen LogP contribution in [0.4, 0.5) is 5.69 Å². The zero-order valence-electron chi connectivity index (χ0n) is 25.5. The van der Waals surface area contributed by atoms with Crippen molar-refractivity contribution in [3.8, 4) is 11.5 Å². The van der Waals surface area contributed by atoms with Crippen LogP contribution < -0.4 is 19.1 Å². The minimum absolute atomic E-state index is 0.0793. The number of rotatable bonds is 14. The number of hydrogen-bond donors (Lipinski definition) is 1. The van der Waals surface area contributed by atoms with Crippen molar-refractivity contribution < 1.29 is 27.5 Å².